The van der Waals surface area contributed by atoms with Crippen LogP contribution in [-0.2, 0) is 4.79 Å². The van der Waals surface area contributed by atoms with Crippen LogP contribution in [0, 0.1) is 6.42 Å². The minimum absolute atomic E-state index is 0.101. The van der Waals surface area contributed by atoms with E-state index in [1.54, 1.807) is 6.42 Å². The summed E-state index contributed by atoms with van der Waals surface area (Å²) in [5.74, 6) is -0.161. The van der Waals surface area contributed by atoms with Gasteiger partial charge in [0.2, 0.25) is 0 Å². The highest BCUT2D eigenvalue weighted by Crippen LogP contribution is 2.27. The Morgan fingerprint density at radius 3 is 1.50 bits per heavy atom. The Kier molecular flexibility index (Phi) is 4.45. The second-order valence-corrected chi connectivity index (χ2v) is 5.21. The maximum atomic E-state index is 12.9. The molecule has 3 rings (SSSR count). The number of Topliss-reactive ketones (excluding diaryl/α,β-unsaturated/α-hetero) is 1. The van der Waals surface area contributed by atoms with Crippen LogP contribution >= 0.6 is 0 Å². The minimum Gasteiger partial charge on any atom is -0.298 e. The van der Waals surface area contributed by atoms with Gasteiger partial charge in [0.25, 0.3) is 0 Å². The fourth-order valence-corrected chi connectivity index (χ4v) is 2.61. The van der Waals surface area contributed by atoms with E-state index in [1.807, 2.05) is 91.0 Å². The monoisotopic (exact) mass is 285 g/mol. The van der Waals surface area contributed by atoms with Crippen LogP contribution in [0.4, 0.5) is 0 Å². The van der Waals surface area contributed by atoms with E-state index in [9.17, 15) is 4.79 Å². The lowest BCUT2D eigenvalue weighted by atomic mass is 9.85. The molecule has 0 heterocycles. The second kappa shape index (κ2) is 6.86. The summed E-state index contributed by atoms with van der Waals surface area (Å²) in [5.41, 5.74) is 2.97. The first kappa shape index (κ1) is 14.3. The summed E-state index contributed by atoms with van der Waals surface area (Å²) < 4.78 is 0. The van der Waals surface area contributed by atoms with E-state index in [0.717, 1.165) is 16.7 Å². The van der Waals surface area contributed by atoms with Crippen molar-refractivity contribution in [3.8, 4) is 0 Å². The highest BCUT2D eigenvalue weighted by molar-refractivity contribution is 5.98. The fraction of sp³-hybridized carbons (Fsp3) is 0.0476. The molecule has 0 aliphatic rings. The molecule has 3 aromatic rings. The third-order valence-corrected chi connectivity index (χ3v) is 3.66. The van der Waals surface area contributed by atoms with Gasteiger partial charge in [-0.15, -0.1) is 0 Å². The highest BCUT2D eigenvalue weighted by Gasteiger charge is 2.22. The zero-order chi connectivity index (χ0) is 15.2. The van der Waals surface area contributed by atoms with Crippen LogP contribution in [0.15, 0.2) is 91.0 Å². The predicted octanol–water partition coefficient (Wildman–Crippen LogP) is 4.64. The van der Waals surface area contributed by atoms with Crippen LogP contribution in [0.2, 0.25) is 0 Å². The molecule has 0 saturated heterocycles. The van der Waals surface area contributed by atoms with Crippen LogP contribution in [0.5, 0.6) is 0 Å². The van der Waals surface area contributed by atoms with Gasteiger partial charge in [0.1, 0.15) is 0 Å². The van der Waals surface area contributed by atoms with E-state index >= 15 is 0 Å². The third-order valence-electron chi connectivity index (χ3n) is 3.66. The van der Waals surface area contributed by atoms with Crippen molar-refractivity contribution in [2.75, 3.05) is 0 Å². The average Bonchev–Trinajstić information content (AvgIpc) is 2.58. The summed E-state index contributed by atoms with van der Waals surface area (Å²) in [6.07, 6.45) is 1.73. The van der Waals surface area contributed by atoms with Gasteiger partial charge in [0.05, 0.1) is 12.3 Å². The molecule has 3 aromatic carbocycles. The molecule has 0 aliphatic heterocycles. The topological polar surface area (TPSA) is 17.1 Å². The van der Waals surface area contributed by atoms with Crippen molar-refractivity contribution in [3.63, 3.8) is 0 Å². The molecule has 1 radical (unpaired) electrons. The fourth-order valence-electron chi connectivity index (χ4n) is 2.61. The number of benzene rings is 3. The van der Waals surface area contributed by atoms with Crippen molar-refractivity contribution in [1.82, 2.24) is 0 Å². The van der Waals surface area contributed by atoms with Crippen LogP contribution < -0.4 is 0 Å². The van der Waals surface area contributed by atoms with Gasteiger partial charge in [0, 0.05) is 0 Å². The largest absolute Gasteiger partial charge is 0.298 e. The molecule has 0 saturated carbocycles. The molecule has 0 bridgehead atoms. The molecule has 1 heteroatoms. The van der Waals surface area contributed by atoms with Gasteiger partial charge < -0.3 is 0 Å². The second-order valence-electron chi connectivity index (χ2n) is 5.21. The maximum Gasteiger partial charge on any atom is 0.153 e. The molecule has 0 aromatic heterocycles. The first-order valence-electron chi connectivity index (χ1n) is 7.38. The molecule has 0 amide bonds. The van der Waals surface area contributed by atoms with Crippen molar-refractivity contribution in [2.24, 2.45) is 0 Å². The number of hydrogen-bond donors (Lipinski definition) is 0. The van der Waals surface area contributed by atoms with Crippen molar-refractivity contribution in [3.05, 3.63) is 114 Å². The first-order valence-corrected chi connectivity index (χ1v) is 7.38. The van der Waals surface area contributed by atoms with E-state index in [0.29, 0.717) is 0 Å². The molecular weight excluding hydrogens is 268 g/mol. The summed E-state index contributed by atoms with van der Waals surface area (Å²) in [6.45, 7) is 0. The van der Waals surface area contributed by atoms with Crippen molar-refractivity contribution in [2.45, 2.75) is 5.92 Å². The lowest BCUT2D eigenvalue weighted by Gasteiger charge is -2.17. The number of rotatable bonds is 5. The molecule has 0 unspecified atom stereocenters. The minimum atomic E-state index is -0.261. The quantitative estimate of drug-likeness (QED) is 0.667. The molecule has 0 aliphatic carbocycles. The zero-order valence-corrected chi connectivity index (χ0v) is 12.2. The van der Waals surface area contributed by atoms with E-state index in [4.69, 9.17) is 0 Å². The predicted molar refractivity (Wildman–Crippen MR) is 89.6 cm³/mol. The van der Waals surface area contributed by atoms with E-state index in [-0.39, 0.29) is 11.7 Å². The Bertz CT molecular complexity index is 678. The maximum absolute atomic E-state index is 12.9. The van der Waals surface area contributed by atoms with Crippen molar-refractivity contribution >= 4 is 5.78 Å². The highest BCUT2D eigenvalue weighted by atomic mass is 16.1. The summed E-state index contributed by atoms with van der Waals surface area (Å²) in [7, 11) is 0. The van der Waals surface area contributed by atoms with Crippen LogP contribution in [0.1, 0.15) is 22.6 Å². The molecule has 107 valence electrons. The molecule has 0 fully saturated rings. The van der Waals surface area contributed by atoms with Gasteiger partial charge in [-0.2, -0.15) is 0 Å². The lowest BCUT2D eigenvalue weighted by molar-refractivity contribution is -0.116. The number of carbonyl (C=O) groups excluding carboxylic acids is 1. The van der Waals surface area contributed by atoms with Gasteiger partial charge in [-0.05, 0) is 16.7 Å². The van der Waals surface area contributed by atoms with Gasteiger partial charge in [-0.1, -0.05) is 91.0 Å². The molecular formula is C21H17O. The molecule has 0 spiro atoms. The Morgan fingerprint density at radius 1 is 0.636 bits per heavy atom. The molecule has 1 nitrogen and oxygen atoms in total. The van der Waals surface area contributed by atoms with Crippen LogP contribution in [-0.4, -0.2) is 5.78 Å². The Morgan fingerprint density at radius 2 is 1.05 bits per heavy atom. The smallest absolute Gasteiger partial charge is 0.153 e. The molecule has 0 atom stereocenters. The average molecular weight is 285 g/mol. The first-order chi connectivity index (χ1) is 10.8. The molecule has 0 N–H and O–H groups in total. The summed E-state index contributed by atoms with van der Waals surface area (Å²) in [6, 6.07) is 29.6. The molecule has 22 heavy (non-hydrogen) atoms. The SMILES string of the molecule is O=C([CH]c1ccccc1)C(c1ccccc1)c1ccccc1. The summed E-state index contributed by atoms with van der Waals surface area (Å²) >= 11 is 0. The Labute approximate surface area is 131 Å². The normalized spacial score (nSPS) is 10.6. The van der Waals surface area contributed by atoms with Crippen molar-refractivity contribution < 1.29 is 4.79 Å². The number of carbonyl (C=O) groups is 1. The number of hydrogen-bond acceptors (Lipinski definition) is 1. The zero-order valence-electron chi connectivity index (χ0n) is 12.2. The van der Waals surface area contributed by atoms with Gasteiger partial charge in [-0.3, -0.25) is 4.79 Å². The lowest BCUT2D eigenvalue weighted by Crippen LogP contribution is -2.15. The van der Waals surface area contributed by atoms with E-state index < -0.39 is 0 Å². The van der Waals surface area contributed by atoms with Crippen molar-refractivity contribution in [1.29, 1.82) is 0 Å². The van der Waals surface area contributed by atoms with Gasteiger partial charge in [-0.25, -0.2) is 0 Å². The van der Waals surface area contributed by atoms with Crippen LogP contribution in [0.25, 0.3) is 0 Å². The summed E-state index contributed by atoms with van der Waals surface area (Å²) in [5, 5.41) is 0. The van der Waals surface area contributed by atoms with E-state index in [1.165, 1.54) is 0 Å². The Hall–Kier alpha value is -2.67. The number of ketones is 1. The van der Waals surface area contributed by atoms with Gasteiger partial charge in [0.15, 0.2) is 5.78 Å². The Balaban J connectivity index is 1.94. The third kappa shape index (κ3) is 3.32. The van der Waals surface area contributed by atoms with Gasteiger partial charge >= 0.3 is 0 Å². The summed E-state index contributed by atoms with van der Waals surface area (Å²) in [4.78, 5) is 12.9. The van der Waals surface area contributed by atoms with Crippen LogP contribution in [0.3, 0.4) is 0 Å². The standard InChI is InChI=1S/C21H17O/c22-20(16-17-10-4-1-5-11-17)21(18-12-6-2-7-13-18)19-14-8-3-9-15-19/h1-16,21H. The van der Waals surface area contributed by atoms with E-state index in [2.05, 4.69) is 0 Å².